The number of carboxylic acids is 1. The highest BCUT2D eigenvalue weighted by molar-refractivity contribution is 14.1. The first kappa shape index (κ1) is 15.9. The van der Waals surface area contributed by atoms with Gasteiger partial charge in [0.05, 0.1) is 11.9 Å². The normalized spacial score (nSPS) is 11.0. The average molecular weight is 442 g/mol. The van der Waals surface area contributed by atoms with Crippen LogP contribution in [0.25, 0.3) is 10.2 Å². The SMILES string of the molecule is Cn1c(=O)n(Cc2ccc(I)cc2)c(=O)c2cc(C(=O)O)sc21. The number of aromatic carboxylic acids is 1. The van der Waals surface area contributed by atoms with Gasteiger partial charge in [0.15, 0.2) is 0 Å². The molecular formula is C15H11IN2O4S. The molecule has 0 aliphatic heterocycles. The Hall–Kier alpha value is -1.94. The third-order valence-electron chi connectivity index (χ3n) is 3.48. The maximum absolute atomic E-state index is 12.6. The molecule has 0 bridgehead atoms. The number of benzene rings is 1. The van der Waals surface area contributed by atoms with E-state index in [4.69, 9.17) is 5.11 Å². The highest BCUT2D eigenvalue weighted by Crippen LogP contribution is 2.21. The van der Waals surface area contributed by atoms with Gasteiger partial charge < -0.3 is 5.11 Å². The Bertz CT molecular complexity index is 1030. The zero-order valence-electron chi connectivity index (χ0n) is 11.9. The Morgan fingerprint density at radius 2 is 1.91 bits per heavy atom. The summed E-state index contributed by atoms with van der Waals surface area (Å²) in [4.78, 5) is 36.5. The summed E-state index contributed by atoms with van der Waals surface area (Å²) in [6.45, 7) is 0.149. The Kier molecular flexibility index (Phi) is 4.11. The van der Waals surface area contributed by atoms with Crippen molar-refractivity contribution < 1.29 is 9.90 Å². The van der Waals surface area contributed by atoms with Crippen LogP contribution in [0.3, 0.4) is 0 Å². The molecule has 2 aromatic heterocycles. The highest BCUT2D eigenvalue weighted by atomic mass is 127. The standard InChI is InChI=1S/C15H11IN2O4S/c1-17-13-10(6-11(23-13)14(20)21)12(19)18(15(17)22)7-8-2-4-9(16)5-3-8/h2-6H,7H2,1H3,(H,20,21). The van der Waals surface area contributed by atoms with Crippen molar-refractivity contribution in [2.24, 2.45) is 7.05 Å². The second-order valence-electron chi connectivity index (χ2n) is 4.99. The van der Waals surface area contributed by atoms with E-state index in [1.807, 2.05) is 24.3 Å². The van der Waals surface area contributed by atoms with E-state index >= 15 is 0 Å². The highest BCUT2D eigenvalue weighted by Gasteiger charge is 2.17. The molecule has 0 aliphatic carbocycles. The van der Waals surface area contributed by atoms with Gasteiger partial charge in [-0.2, -0.15) is 0 Å². The Balaban J connectivity index is 2.21. The van der Waals surface area contributed by atoms with Crippen molar-refractivity contribution in [2.75, 3.05) is 0 Å². The van der Waals surface area contributed by atoms with E-state index in [0.29, 0.717) is 4.83 Å². The second-order valence-corrected chi connectivity index (χ2v) is 7.27. The molecule has 6 nitrogen and oxygen atoms in total. The maximum atomic E-state index is 12.6. The summed E-state index contributed by atoms with van der Waals surface area (Å²) in [6.07, 6.45) is 0. The molecule has 0 amide bonds. The van der Waals surface area contributed by atoms with Gasteiger partial charge in [-0.25, -0.2) is 9.59 Å². The minimum absolute atomic E-state index is 0.0408. The van der Waals surface area contributed by atoms with Gasteiger partial charge >= 0.3 is 11.7 Å². The molecule has 0 atom stereocenters. The summed E-state index contributed by atoms with van der Waals surface area (Å²) in [5.74, 6) is -1.11. The molecule has 0 saturated heterocycles. The molecule has 23 heavy (non-hydrogen) atoms. The van der Waals surface area contributed by atoms with E-state index in [0.717, 1.165) is 25.0 Å². The first-order valence-electron chi connectivity index (χ1n) is 6.59. The van der Waals surface area contributed by atoms with Gasteiger partial charge in [0.1, 0.15) is 9.71 Å². The summed E-state index contributed by atoms with van der Waals surface area (Å²) in [6, 6.07) is 8.84. The Labute approximate surface area is 147 Å². The van der Waals surface area contributed by atoms with E-state index in [1.54, 1.807) is 0 Å². The first-order valence-corrected chi connectivity index (χ1v) is 8.49. The number of halogens is 1. The third-order valence-corrected chi connectivity index (χ3v) is 5.39. The van der Waals surface area contributed by atoms with E-state index in [9.17, 15) is 14.4 Å². The number of hydrogen-bond acceptors (Lipinski definition) is 4. The van der Waals surface area contributed by atoms with Crippen LogP contribution < -0.4 is 11.2 Å². The van der Waals surface area contributed by atoms with Crippen molar-refractivity contribution in [3.05, 3.63) is 65.2 Å². The van der Waals surface area contributed by atoms with E-state index in [1.165, 1.54) is 17.7 Å². The van der Waals surface area contributed by atoms with Gasteiger partial charge in [-0.3, -0.25) is 13.9 Å². The van der Waals surface area contributed by atoms with Gasteiger partial charge in [0, 0.05) is 10.6 Å². The maximum Gasteiger partial charge on any atom is 0.345 e. The van der Waals surface area contributed by atoms with Crippen LogP contribution in [0.15, 0.2) is 39.9 Å². The molecule has 3 aromatic rings. The van der Waals surface area contributed by atoms with Crippen LogP contribution >= 0.6 is 33.9 Å². The summed E-state index contributed by atoms with van der Waals surface area (Å²) in [7, 11) is 1.54. The molecule has 0 fully saturated rings. The number of thiophene rings is 1. The molecule has 0 spiro atoms. The first-order chi connectivity index (χ1) is 10.9. The molecule has 1 N–H and O–H groups in total. The summed E-state index contributed by atoms with van der Waals surface area (Å²) in [5, 5.41) is 9.33. The van der Waals surface area contributed by atoms with Crippen LogP contribution in [0.5, 0.6) is 0 Å². The zero-order chi connectivity index (χ0) is 16.7. The van der Waals surface area contributed by atoms with Crippen molar-refractivity contribution in [3.8, 4) is 0 Å². The Morgan fingerprint density at radius 3 is 2.52 bits per heavy atom. The summed E-state index contributed by atoms with van der Waals surface area (Å²) >= 11 is 3.10. The fourth-order valence-corrected chi connectivity index (χ4v) is 3.60. The van der Waals surface area contributed by atoms with Crippen molar-refractivity contribution >= 4 is 50.1 Å². The quantitative estimate of drug-likeness (QED) is 0.631. The lowest BCUT2D eigenvalue weighted by atomic mass is 10.2. The van der Waals surface area contributed by atoms with Crippen molar-refractivity contribution in [1.82, 2.24) is 9.13 Å². The number of carbonyl (C=O) groups is 1. The number of aromatic nitrogens is 2. The van der Waals surface area contributed by atoms with Crippen LogP contribution in [-0.2, 0) is 13.6 Å². The summed E-state index contributed by atoms with van der Waals surface area (Å²) < 4.78 is 3.51. The number of fused-ring (bicyclic) bond motifs is 1. The largest absolute Gasteiger partial charge is 0.477 e. The van der Waals surface area contributed by atoms with Gasteiger partial charge in [-0.15, -0.1) is 11.3 Å². The third kappa shape index (κ3) is 2.83. The predicted octanol–water partition coefficient (Wildman–Crippen LogP) is 2.11. The van der Waals surface area contributed by atoms with Crippen LogP contribution in [0.4, 0.5) is 0 Å². The van der Waals surface area contributed by atoms with Gasteiger partial charge in [-0.05, 0) is 46.4 Å². The molecule has 0 unspecified atom stereocenters. The fraction of sp³-hybridized carbons (Fsp3) is 0.133. The van der Waals surface area contributed by atoms with Crippen molar-refractivity contribution in [1.29, 1.82) is 0 Å². The molecule has 0 saturated carbocycles. The van der Waals surface area contributed by atoms with Crippen molar-refractivity contribution in [2.45, 2.75) is 6.54 Å². The molecule has 8 heteroatoms. The minimum Gasteiger partial charge on any atom is -0.477 e. The molecule has 0 radical (unpaired) electrons. The van der Waals surface area contributed by atoms with E-state index in [-0.39, 0.29) is 16.8 Å². The lowest BCUT2D eigenvalue weighted by Gasteiger charge is -2.08. The lowest BCUT2D eigenvalue weighted by Crippen LogP contribution is -2.38. The number of rotatable bonds is 3. The number of hydrogen-bond donors (Lipinski definition) is 1. The van der Waals surface area contributed by atoms with Crippen molar-refractivity contribution in [3.63, 3.8) is 0 Å². The molecule has 2 heterocycles. The van der Waals surface area contributed by atoms with E-state index < -0.39 is 17.2 Å². The monoisotopic (exact) mass is 442 g/mol. The smallest absolute Gasteiger partial charge is 0.345 e. The molecule has 118 valence electrons. The minimum atomic E-state index is -1.11. The van der Waals surface area contributed by atoms with Crippen LogP contribution in [0, 0.1) is 3.57 Å². The molecule has 3 rings (SSSR count). The predicted molar refractivity (Wildman–Crippen MR) is 96.5 cm³/mol. The second kappa shape index (κ2) is 5.93. The Morgan fingerprint density at radius 1 is 1.26 bits per heavy atom. The number of nitrogens with zero attached hydrogens (tertiary/aromatic N) is 2. The average Bonchev–Trinajstić information content (AvgIpc) is 2.97. The number of aryl methyl sites for hydroxylation is 1. The van der Waals surface area contributed by atoms with E-state index in [2.05, 4.69) is 22.6 Å². The topological polar surface area (TPSA) is 81.3 Å². The fourth-order valence-electron chi connectivity index (χ4n) is 2.30. The van der Waals surface area contributed by atoms with Crippen LogP contribution in [0.1, 0.15) is 15.2 Å². The van der Waals surface area contributed by atoms with Crippen LogP contribution in [-0.4, -0.2) is 20.2 Å². The van der Waals surface area contributed by atoms with Gasteiger partial charge in [-0.1, -0.05) is 12.1 Å². The lowest BCUT2D eigenvalue weighted by molar-refractivity contribution is 0.0702. The molecular weight excluding hydrogens is 431 g/mol. The number of carboxylic acid groups (broad SMARTS) is 1. The summed E-state index contributed by atoms with van der Waals surface area (Å²) in [5.41, 5.74) is -0.0945. The zero-order valence-corrected chi connectivity index (χ0v) is 14.9. The van der Waals surface area contributed by atoms with Gasteiger partial charge in [0.2, 0.25) is 0 Å². The van der Waals surface area contributed by atoms with Gasteiger partial charge in [0.25, 0.3) is 5.56 Å². The molecule has 1 aromatic carbocycles. The molecule has 0 aliphatic rings. The van der Waals surface area contributed by atoms with Crippen LogP contribution in [0.2, 0.25) is 0 Å².